The van der Waals surface area contributed by atoms with Crippen molar-refractivity contribution >= 4 is 32.8 Å². The Hall–Kier alpha value is -1.33. The standard InChI is InChI=1S/C16H19BrN2O2/c17-13-3-4-14-12(8-13)9-15(21-14)16(20)19-7-5-11-2-1-6-18-10-11/h3-4,8-9,11,18H,1-2,5-7,10H2,(H,19,20). The number of fused-ring (bicyclic) bond motifs is 1. The van der Waals surface area contributed by atoms with Crippen molar-refractivity contribution in [3.63, 3.8) is 0 Å². The third-order valence-corrected chi connectivity index (χ3v) is 4.43. The van der Waals surface area contributed by atoms with Crippen molar-refractivity contribution in [2.75, 3.05) is 19.6 Å². The van der Waals surface area contributed by atoms with Gasteiger partial charge in [-0.1, -0.05) is 15.9 Å². The molecule has 1 atom stereocenters. The van der Waals surface area contributed by atoms with Crippen LogP contribution in [-0.2, 0) is 0 Å². The normalized spacial score (nSPS) is 18.8. The van der Waals surface area contributed by atoms with Crippen molar-refractivity contribution < 1.29 is 9.21 Å². The molecule has 2 heterocycles. The number of benzene rings is 1. The van der Waals surface area contributed by atoms with Gasteiger partial charge in [-0.2, -0.15) is 0 Å². The van der Waals surface area contributed by atoms with Crippen LogP contribution in [0.3, 0.4) is 0 Å². The summed E-state index contributed by atoms with van der Waals surface area (Å²) in [5.41, 5.74) is 0.736. The SMILES string of the molecule is O=C(NCCC1CCCNC1)c1cc2cc(Br)ccc2o1. The van der Waals surface area contributed by atoms with Crippen LogP contribution in [0.25, 0.3) is 11.0 Å². The second kappa shape index (κ2) is 6.62. The van der Waals surface area contributed by atoms with Gasteiger partial charge in [-0.3, -0.25) is 4.79 Å². The van der Waals surface area contributed by atoms with Crippen LogP contribution >= 0.6 is 15.9 Å². The molecule has 0 aliphatic carbocycles. The smallest absolute Gasteiger partial charge is 0.287 e. The lowest BCUT2D eigenvalue weighted by Gasteiger charge is -2.22. The van der Waals surface area contributed by atoms with Gasteiger partial charge in [-0.05, 0) is 62.5 Å². The zero-order chi connectivity index (χ0) is 14.7. The molecule has 2 aromatic rings. The van der Waals surface area contributed by atoms with E-state index >= 15 is 0 Å². The van der Waals surface area contributed by atoms with Gasteiger partial charge < -0.3 is 15.1 Å². The number of hydrogen-bond donors (Lipinski definition) is 2. The largest absolute Gasteiger partial charge is 0.451 e. The Balaban J connectivity index is 1.56. The highest BCUT2D eigenvalue weighted by atomic mass is 79.9. The number of piperidine rings is 1. The van der Waals surface area contributed by atoms with E-state index in [1.54, 1.807) is 6.07 Å². The van der Waals surface area contributed by atoms with Crippen molar-refractivity contribution in [3.05, 3.63) is 34.5 Å². The van der Waals surface area contributed by atoms with E-state index in [-0.39, 0.29) is 5.91 Å². The maximum atomic E-state index is 12.1. The molecule has 1 aromatic carbocycles. The van der Waals surface area contributed by atoms with E-state index in [0.717, 1.165) is 35.0 Å². The number of carbonyl (C=O) groups excluding carboxylic acids is 1. The third kappa shape index (κ3) is 3.66. The second-order valence-electron chi connectivity index (χ2n) is 5.55. The number of furan rings is 1. The summed E-state index contributed by atoms with van der Waals surface area (Å²) in [6.07, 6.45) is 3.50. The summed E-state index contributed by atoms with van der Waals surface area (Å²) in [6.45, 7) is 2.89. The zero-order valence-corrected chi connectivity index (χ0v) is 13.4. The molecule has 1 aliphatic rings. The fourth-order valence-corrected chi connectivity index (χ4v) is 3.15. The average Bonchev–Trinajstić information content (AvgIpc) is 2.91. The maximum absolute atomic E-state index is 12.1. The predicted molar refractivity (Wildman–Crippen MR) is 86.5 cm³/mol. The molecule has 112 valence electrons. The summed E-state index contributed by atoms with van der Waals surface area (Å²) in [5.74, 6) is 0.918. The molecule has 0 radical (unpaired) electrons. The average molecular weight is 351 g/mol. The van der Waals surface area contributed by atoms with Crippen LogP contribution in [0.4, 0.5) is 0 Å². The lowest BCUT2D eigenvalue weighted by Crippen LogP contribution is -2.33. The molecule has 1 saturated heterocycles. The molecule has 2 N–H and O–H groups in total. The lowest BCUT2D eigenvalue weighted by molar-refractivity contribution is 0.0925. The van der Waals surface area contributed by atoms with Crippen molar-refractivity contribution in [2.45, 2.75) is 19.3 Å². The number of halogens is 1. The molecule has 5 heteroatoms. The molecule has 1 unspecified atom stereocenters. The molecule has 0 bridgehead atoms. The van der Waals surface area contributed by atoms with Gasteiger partial charge in [0.25, 0.3) is 5.91 Å². The molecule has 1 aromatic heterocycles. The Morgan fingerprint density at radius 1 is 1.43 bits per heavy atom. The lowest BCUT2D eigenvalue weighted by atomic mass is 9.96. The van der Waals surface area contributed by atoms with Gasteiger partial charge in [0.05, 0.1) is 0 Å². The summed E-state index contributed by atoms with van der Waals surface area (Å²) < 4.78 is 6.56. The highest BCUT2D eigenvalue weighted by Crippen LogP contribution is 2.23. The van der Waals surface area contributed by atoms with Gasteiger partial charge in [-0.15, -0.1) is 0 Å². The molecule has 0 saturated carbocycles. The summed E-state index contributed by atoms with van der Waals surface area (Å²) in [7, 11) is 0. The molecular weight excluding hydrogens is 332 g/mol. The van der Waals surface area contributed by atoms with Gasteiger partial charge in [0.15, 0.2) is 5.76 Å². The number of hydrogen-bond acceptors (Lipinski definition) is 3. The Morgan fingerprint density at radius 2 is 2.33 bits per heavy atom. The van der Waals surface area contributed by atoms with E-state index in [0.29, 0.717) is 18.2 Å². The first kappa shape index (κ1) is 14.6. The number of nitrogens with one attached hydrogen (secondary N) is 2. The van der Waals surface area contributed by atoms with Crippen molar-refractivity contribution in [3.8, 4) is 0 Å². The summed E-state index contributed by atoms with van der Waals surface area (Å²) >= 11 is 3.42. The topological polar surface area (TPSA) is 54.3 Å². The fourth-order valence-electron chi connectivity index (χ4n) is 2.77. The van der Waals surface area contributed by atoms with Gasteiger partial charge in [0.1, 0.15) is 5.58 Å². The van der Waals surface area contributed by atoms with Gasteiger partial charge >= 0.3 is 0 Å². The minimum absolute atomic E-state index is 0.133. The number of rotatable bonds is 4. The number of amides is 1. The Labute approximate surface area is 132 Å². The van der Waals surface area contributed by atoms with E-state index in [2.05, 4.69) is 26.6 Å². The second-order valence-corrected chi connectivity index (χ2v) is 6.47. The van der Waals surface area contributed by atoms with E-state index in [4.69, 9.17) is 4.42 Å². The molecule has 1 amide bonds. The minimum Gasteiger partial charge on any atom is -0.451 e. The zero-order valence-electron chi connectivity index (χ0n) is 11.8. The van der Waals surface area contributed by atoms with Crippen LogP contribution in [0.2, 0.25) is 0 Å². The summed E-state index contributed by atoms with van der Waals surface area (Å²) in [4.78, 5) is 12.1. The van der Waals surface area contributed by atoms with Crippen LogP contribution in [-0.4, -0.2) is 25.5 Å². The molecule has 3 rings (SSSR count). The molecule has 4 nitrogen and oxygen atoms in total. The molecule has 21 heavy (non-hydrogen) atoms. The van der Waals surface area contributed by atoms with Crippen LogP contribution in [0.5, 0.6) is 0 Å². The highest BCUT2D eigenvalue weighted by molar-refractivity contribution is 9.10. The summed E-state index contributed by atoms with van der Waals surface area (Å²) in [6, 6.07) is 7.51. The maximum Gasteiger partial charge on any atom is 0.287 e. The summed E-state index contributed by atoms with van der Waals surface area (Å²) in [5, 5.41) is 7.28. The van der Waals surface area contributed by atoms with Crippen LogP contribution in [0.1, 0.15) is 29.8 Å². The molecule has 1 fully saturated rings. The van der Waals surface area contributed by atoms with Gasteiger partial charge in [-0.25, -0.2) is 0 Å². The fraction of sp³-hybridized carbons (Fsp3) is 0.438. The highest BCUT2D eigenvalue weighted by Gasteiger charge is 2.15. The minimum atomic E-state index is -0.133. The van der Waals surface area contributed by atoms with E-state index in [9.17, 15) is 4.79 Å². The Morgan fingerprint density at radius 3 is 3.14 bits per heavy atom. The quantitative estimate of drug-likeness (QED) is 0.889. The first-order valence-electron chi connectivity index (χ1n) is 7.40. The van der Waals surface area contributed by atoms with Crippen LogP contribution in [0.15, 0.2) is 33.2 Å². The van der Waals surface area contributed by atoms with Crippen molar-refractivity contribution in [1.29, 1.82) is 0 Å². The van der Waals surface area contributed by atoms with E-state index < -0.39 is 0 Å². The predicted octanol–water partition coefficient (Wildman–Crippen LogP) is 3.31. The first-order valence-corrected chi connectivity index (χ1v) is 8.20. The Kier molecular flexibility index (Phi) is 4.60. The molecule has 0 spiro atoms. The molecular formula is C16H19BrN2O2. The van der Waals surface area contributed by atoms with Crippen LogP contribution in [0, 0.1) is 5.92 Å². The van der Waals surface area contributed by atoms with Crippen LogP contribution < -0.4 is 10.6 Å². The van der Waals surface area contributed by atoms with Crippen molar-refractivity contribution in [2.24, 2.45) is 5.92 Å². The van der Waals surface area contributed by atoms with Crippen molar-refractivity contribution in [1.82, 2.24) is 10.6 Å². The number of carbonyl (C=O) groups is 1. The van der Waals surface area contributed by atoms with Gasteiger partial charge in [0.2, 0.25) is 0 Å². The molecule has 1 aliphatic heterocycles. The monoisotopic (exact) mass is 350 g/mol. The van der Waals surface area contributed by atoms with Gasteiger partial charge in [0, 0.05) is 16.4 Å². The Bertz CT molecular complexity index is 632. The first-order chi connectivity index (χ1) is 10.2. The van der Waals surface area contributed by atoms with E-state index in [1.165, 1.54) is 12.8 Å². The van der Waals surface area contributed by atoms with E-state index in [1.807, 2.05) is 18.2 Å². The third-order valence-electron chi connectivity index (χ3n) is 3.94.